The van der Waals surface area contributed by atoms with Gasteiger partial charge in [-0.1, -0.05) is 164 Å². The van der Waals surface area contributed by atoms with E-state index in [0.717, 1.165) is 67.8 Å². The van der Waals surface area contributed by atoms with Crippen LogP contribution in [0.4, 0.5) is 0 Å². The molecule has 4 saturated carbocycles. The first-order chi connectivity index (χ1) is 31.6. The van der Waals surface area contributed by atoms with E-state index in [0.29, 0.717) is 28.3 Å². The summed E-state index contributed by atoms with van der Waals surface area (Å²) in [5.74, 6) is 6.76. The Hall–Kier alpha value is -7.17. The van der Waals surface area contributed by atoms with Gasteiger partial charge in [0.25, 0.3) is 0 Å². The van der Waals surface area contributed by atoms with E-state index in [1.807, 2.05) is 0 Å². The molecule has 8 aromatic carbocycles. The highest BCUT2D eigenvalue weighted by atomic mass is 16.5. The molecule has 2 bridgehead atoms. The Balaban J connectivity index is 0.890. The topological polar surface area (TPSA) is 47.9 Å². The summed E-state index contributed by atoms with van der Waals surface area (Å²) in [5, 5.41) is 2.29. The molecule has 4 heteroatoms. The fraction of sp³-hybridized carbons (Fsp3) is 0.183. The highest BCUT2D eigenvalue weighted by molar-refractivity contribution is 5.96. The lowest BCUT2D eigenvalue weighted by Crippen LogP contribution is -2.59. The van der Waals surface area contributed by atoms with Crippen LogP contribution in [0.1, 0.15) is 59.9 Å². The van der Waals surface area contributed by atoms with Crippen molar-refractivity contribution in [2.45, 2.75) is 42.9 Å². The van der Waals surface area contributed by atoms with Crippen LogP contribution in [0.3, 0.4) is 0 Å². The molecule has 0 N–H and O–H groups in total. The van der Waals surface area contributed by atoms with E-state index in [2.05, 4.69) is 182 Å². The van der Waals surface area contributed by atoms with Crippen molar-refractivity contribution < 1.29 is 4.74 Å². The first kappa shape index (κ1) is 35.3. The molecular formula is C60H43N3O. The quantitative estimate of drug-likeness (QED) is 0.173. The molecule has 15 rings (SSSR count). The molecule has 9 aromatic rings. The Morgan fingerprint density at radius 2 is 0.984 bits per heavy atom. The third-order valence-electron chi connectivity index (χ3n) is 17.1. The van der Waals surface area contributed by atoms with Crippen LogP contribution in [0.5, 0.6) is 11.5 Å². The van der Waals surface area contributed by atoms with Crippen LogP contribution in [0.25, 0.3) is 67.2 Å². The molecule has 304 valence electrons. The van der Waals surface area contributed by atoms with E-state index in [-0.39, 0.29) is 0 Å². The summed E-state index contributed by atoms with van der Waals surface area (Å²) in [6.45, 7) is 0. The third kappa shape index (κ3) is 4.46. The van der Waals surface area contributed by atoms with Crippen molar-refractivity contribution in [1.29, 1.82) is 0 Å². The van der Waals surface area contributed by atoms with Crippen LogP contribution in [0.2, 0.25) is 0 Å². The molecule has 1 aromatic heterocycles. The lowest BCUT2D eigenvalue weighted by Gasteiger charge is -2.66. The Kier molecular flexibility index (Phi) is 6.90. The number of ether oxygens (including phenoxy) is 1. The molecule has 3 unspecified atom stereocenters. The van der Waals surface area contributed by atoms with E-state index in [1.165, 1.54) is 71.0 Å². The predicted octanol–water partition coefficient (Wildman–Crippen LogP) is 14.2. The van der Waals surface area contributed by atoms with Crippen molar-refractivity contribution in [2.75, 3.05) is 0 Å². The molecule has 1 aliphatic heterocycles. The van der Waals surface area contributed by atoms with Crippen molar-refractivity contribution in [3.63, 3.8) is 0 Å². The average Bonchev–Trinajstić information content (AvgIpc) is 3.95. The van der Waals surface area contributed by atoms with Crippen molar-refractivity contribution in [2.24, 2.45) is 23.2 Å². The molecule has 2 spiro atoms. The first-order valence-corrected chi connectivity index (χ1v) is 23.2. The van der Waals surface area contributed by atoms with Gasteiger partial charge < -0.3 is 4.74 Å². The number of nitrogens with zero attached hydrogens (tertiary/aromatic N) is 3. The Bertz CT molecular complexity index is 3390. The summed E-state index contributed by atoms with van der Waals surface area (Å²) >= 11 is 0. The molecule has 0 amide bonds. The lowest BCUT2D eigenvalue weighted by molar-refractivity contribution is -0.175. The number of fused-ring (bicyclic) bond motifs is 11. The van der Waals surface area contributed by atoms with Gasteiger partial charge in [-0.2, -0.15) is 0 Å². The van der Waals surface area contributed by atoms with E-state index in [4.69, 9.17) is 19.7 Å². The average molecular weight is 822 g/mol. The van der Waals surface area contributed by atoms with Gasteiger partial charge in [-0.3, -0.25) is 0 Å². The predicted molar refractivity (Wildman–Crippen MR) is 254 cm³/mol. The molecule has 4 fully saturated rings. The van der Waals surface area contributed by atoms with Crippen LogP contribution in [-0.2, 0) is 10.8 Å². The van der Waals surface area contributed by atoms with E-state index >= 15 is 0 Å². The van der Waals surface area contributed by atoms with E-state index < -0.39 is 5.41 Å². The second-order valence-corrected chi connectivity index (χ2v) is 19.6. The van der Waals surface area contributed by atoms with Crippen molar-refractivity contribution >= 4 is 10.8 Å². The lowest BCUT2D eigenvalue weighted by atomic mass is 9.38. The fourth-order valence-corrected chi connectivity index (χ4v) is 14.5. The number of hydrogen-bond acceptors (Lipinski definition) is 4. The van der Waals surface area contributed by atoms with Crippen LogP contribution in [0.15, 0.2) is 182 Å². The van der Waals surface area contributed by atoms with Gasteiger partial charge in [0.1, 0.15) is 11.5 Å². The Labute approximate surface area is 372 Å². The summed E-state index contributed by atoms with van der Waals surface area (Å²) in [6, 6.07) is 66.0. The number of benzene rings is 8. The minimum Gasteiger partial charge on any atom is -0.457 e. The van der Waals surface area contributed by atoms with Gasteiger partial charge in [-0.25, -0.2) is 15.0 Å². The minimum absolute atomic E-state index is 0.351. The fourth-order valence-electron chi connectivity index (χ4n) is 14.5. The maximum Gasteiger partial charge on any atom is 0.164 e. The summed E-state index contributed by atoms with van der Waals surface area (Å²) in [6.07, 6.45) is 7.10. The van der Waals surface area contributed by atoms with Gasteiger partial charge in [-0.15, -0.1) is 0 Å². The number of hydrogen-bond donors (Lipinski definition) is 0. The van der Waals surface area contributed by atoms with Crippen molar-refractivity contribution in [1.82, 2.24) is 15.0 Å². The van der Waals surface area contributed by atoms with Gasteiger partial charge in [-0.05, 0) is 129 Å². The number of rotatable bonds is 5. The molecule has 4 nitrogen and oxygen atoms in total. The van der Waals surface area contributed by atoms with Gasteiger partial charge in [0, 0.05) is 27.8 Å². The number of aromatic nitrogens is 3. The monoisotopic (exact) mass is 821 g/mol. The summed E-state index contributed by atoms with van der Waals surface area (Å²) < 4.78 is 6.59. The molecule has 2 heterocycles. The molecule has 5 aliphatic carbocycles. The van der Waals surface area contributed by atoms with Crippen molar-refractivity contribution in [3.8, 4) is 67.9 Å². The zero-order valence-electron chi connectivity index (χ0n) is 35.3. The Morgan fingerprint density at radius 1 is 0.422 bits per heavy atom. The van der Waals surface area contributed by atoms with Gasteiger partial charge in [0.15, 0.2) is 17.5 Å². The van der Waals surface area contributed by atoms with Crippen LogP contribution in [0, 0.1) is 23.2 Å². The van der Waals surface area contributed by atoms with Crippen LogP contribution >= 0.6 is 0 Å². The molecule has 64 heavy (non-hydrogen) atoms. The van der Waals surface area contributed by atoms with Gasteiger partial charge in [0.2, 0.25) is 0 Å². The number of para-hydroxylation sites is 2. The normalized spacial score (nSPS) is 24.2. The Morgan fingerprint density at radius 3 is 1.72 bits per heavy atom. The zero-order chi connectivity index (χ0) is 41.8. The second-order valence-electron chi connectivity index (χ2n) is 19.6. The SMILES string of the molecule is c1ccc2c(c1)Oc1ccccc1C21c2ccccc2-c2cc(-c3ccccc3-c3nc(-c4ccc(C56C[C@H]7CC8C[C@@H](C5)C87C6)cc4)nc(-c4cccc5ccccc45)n3)ccc21. The zero-order valence-corrected chi connectivity index (χ0v) is 35.3. The summed E-state index contributed by atoms with van der Waals surface area (Å²) in [7, 11) is 0. The second kappa shape index (κ2) is 12.5. The molecular weight excluding hydrogens is 779 g/mol. The molecule has 0 radical (unpaired) electrons. The highest BCUT2D eigenvalue weighted by Crippen LogP contribution is 2.84. The van der Waals surface area contributed by atoms with Crippen LogP contribution in [-0.4, -0.2) is 15.0 Å². The van der Waals surface area contributed by atoms with Crippen molar-refractivity contribution in [3.05, 3.63) is 210 Å². The minimum atomic E-state index is -0.516. The molecule has 0 saturated heterocycles. The maximum absolute atomic E-state index is 6.59. The maximum atomic E-state index is 6.59. The third-order valence-corrected chi connectivity index (χ3v) is 17.1. The molecule has 6 aliphatic rings. The largest absolute Gasteiger partial charge is 0.457 e. The molecule has 5 atom stereocenters. The standard InChI is InChI=1S/C60H43N3O/c1-2-14-43-36(12-1)13-11-18-47(43)57-62-55(37-24-27-39(28-25-37)58-33-41-31-40-32-42(34-58)59(40,41)35-58)61-56(63-57)46-17-4-3-15-44(46)38-26-29-50-48(30-38)45-16-5-6-19-49(45)60(50)51-20-7-9-22-53(51)64-54-23-10-8-21-52(54)60/h1-30,40-42H,31-35H2/t40?,41-,42+,58?,59?. The highest BCUT2D eigenvalue weighted by Gasteiger charge is 2.77. The van der Waals surface area contributed by atoms with Gasteiger partial charge >= 0.3 is 0 Å². The van der Waals surface area contributed by atoms with E-state index in [9.17, 15) is 0 Å². The van der Waals surface area contributed by atoms with E-state index in [1.54, 1.807) is 0 Å². The summed E-state index contributed by atoms with van der Waals surface area (Å²) in [5.41, 5.74) is 14.6. The van der Waals surface area contributed by atoms with Gasteiger partial charge in [0.05, 0.1) is 5.41 Å². The summed E-state index contributed by atoms with van der Waals surface area (Å²) in [4.78, 5) is 16.1. The smallest absolute Gasteiger partial charge is 0.164 e. The first-order valence-electron chi connectivity index (χ1n) is 23.2. The van der Waals surface area contributed by atoms with Crippen LogP contribution < -0.4 is 4.74 Å².